The first kappa shape index (κ1) is 15.4. The standard InChI is InChI=1S/C14H18N2O5/c1-20-14(17)13-10-15(8-9-21-13)7-6-11-4-2-3-5-12(11)16(18)19/h2-5,13H,6-10H2,1H3. The summed E-state index contributed by atoms with van der Waals surface area (Å²) in [7, 11) is 1.33. The van der Waals surface area contributed by atoms with Crippen LogP contribution in [0.25, 0.3) is 0 Å². The van der Waals surface area contributed by atoms with Gasteiger partial charge in [-0.25, -0.2) is 4.79 Å². The highest BCUT2D eigenvalue weighted by atomic mass is 16.6. The molecule has 1 unspecified atom stereocenters. The highest BCUT2D eigenvalue weighted by Crippen LogP contribution is 2.19. The molecule has 0 radical (unpaired) electrons. The molecule has 114 valence electrons. The van der Waals surface area contributed by atoms with Gasteiger partial charge in [0.1, 0.15) is 0 Å². The molecule has 1 aromatic rings. The Kier molecular flexibility index (Phi) is 5.24. The number of nitro groups is 1. The van der Waals surface area contributed by atoms with Gasteiger partial charge < -0.3 is 9.47 Å². The molecular formula is C14H18N2O5. The smallest absolute Gasteiger partial charge is 0.336 e. The fraction of sp³-hybridized carbons (Fsp3) is 0.500. The van der Waals surface area contributed by atoms with E-state index in [1.165, 1.54) is 13.2 Å². The number of morpholine rings is 1. The van der Waals surface area contributed by atoms with Gasteiger partial charge in [0.25, 0.3) is 5.69 Å². The Bertz CT molecular complexity index is 520. The average Bonchev–Trinajstić information content (AvgIpc) is 2.52. The van der Waals surface area contributed by atoms with E-state index in [9.17, 15) is 14.9 Å². The van der Waals surface area contributed by atoms with Crippen molar-refractivity contribution < 1.29 is 19.2 Å². The Balaban J connectivity index is 1.94. The molecule has 1 saturated heterocycles. The van der Waals surface area contributed by atoms with Crippen molar-refractivity contribution in [3.8, 4) is 0 Å². The van der Waals surface area contributed by atoms with Crippen LogP contribution in [0.4, 0.5) is 5.69 Å². The molecule has 1 atom stereocenters. The Labute approximate surface area is 122 Å². The summed E-state index contributed by atoms with van der Waals surface area (Å²) in [5.74, 6) is -0.384. The highest BCUT2D eigenvalue weighted by molar-refractivity contribution is 5.74. The van der Waals surface area contributed by atoms with Crippen molar-refractivity contribution in [2.24, 2.45) is 0 Å². The number of hydrogen-bond acceptors (Lipinski definition) is 6. The molecule has 0 saturated carbocycles. The minimum atomic E-state index is -0.575. The number of carbonyl (C=O) groups is 1. The van der Waals surface area contributed by atoms with Crippen LogP contribution >= 0.6 is 0 Å². The van der Waals surface area contributed by atoms with E-state index in [4.69, 9.17) is 4.74 Å². The summed E-state index contributed by atoms with van der Waals surface area (Å²) in [6.45, 7) is 2.25. The first-order valence-corrected chi connectivity index (χ1v) is 6.76. The van der Waals surface area contributed by atoms with Crippen molar-refractivity contribution in [3.63, 3.8) is 0 Å². The zero-order valence-corrected chi connectivity index (χ0v) is 11.9. The van der Waals surface area contributed by atoms with Gasteiger partial charge >= 0.3 is 5.97 Å². The third kappa shape index (κ3) is 3.99. The SMILES string of the molecule is COC(=O)C1CN(CCc2ccccc2[N+](=O)[O-])CCO1. The molecule has 1 aromatic carbocycles. The number of para-hydroxylation sites is 1. The number of nitro benzene ring substituents is 1. The fourth-order valence-corrected chi connectivity index (χ4v) is 2.36. The van der Waals surface area contributed by atoms with E-state index in [1.807, 2.05) is 0 Å². The summed E-state index contributed by atoms with van der Waals surface area (Å²) < 4.78 is 10.0. The van der Waals surface area contributed by atoms with Gasteiger partial charge in [-0.2, -0.15) is 0 Å². The van der Waals surface area contributed by atoms with Crippen LogP contribution < -0.4 is 0 Å². The Morgan fingerprint density at radius 2 is 2.29 bits per heavy atom. The maximum absolute atomic E-state index is 11.5. The van der Waals surface area contributed by atoms with Gasteiger partial charge in [0.2, 0.25) is 0 Å². The monoisotopic (exact) mass is 294 g/mol. The molecule has 1 aliphatic rings. The minimum Gasteiger partial charge on any atom is -0.467 e. The number of methoxy groups -OCH3 is 1. The predicted molar refractivity (Wildman–Crippen MR) is 75.0 cm³/mol. The number of esters is 1. The molecule has 2 rings (SSSR count). The lowest BCUT2D eigenvalue weighted by atomic mass is 10.1. The van der Waals surface area contributed by atoms with Crippen LogP contribution in [-0.2, 0) is 20.7 Å². The maximum Gasteiger partial charge on any atom is 0.336 e. The number of ether oxygens (including phenoxy) is 2. The average molecular weight is 294 g/mol. The van der Waals surface area contributed by atoms with Gasteiger partial charge in [-0.05, 0) is 6.42 Å². The van der Waals surface area contributed by atoms with Crippen LogP contribution in [-0.4, -0.2) is 55.2 Å². The van der Waals surface area contributed by atoms with Crippen molar-refractivity contribution in [1.82, 2.24) is 4.90 Å². The van der Waals surface area contributed by atoms with E-state index < -0.39 is 6.10 Å². The van der Waals surface area contributed by atoms with Crippen LogP contribution in [0.2, 0.25) is 0 Å². The molecule has 7 heteroatoms. The number of nitrogens with zero attached hydrogens (tertiary/aromatic N) is 2. The lowest BCUT2D eigenvalue weighted by molar-refractivity contribution is -0.385. The Morgan fingerprint density at radius 3 is 3.00 bits per heavy atom. The summed E-state index contributed by atoms with van der Waals surface area (Å²) in [6, 6.07) is 6.71. The summed E-state index contributed by atoms with van der Waals surface area (Å²) >= 11 is 0. The molecular weight excluding hydrogens is 276 g/mol. The minimum absolute atomic E-state index is 0.135. The number of rotatable bonds is 5. The van der Waals surface area contributed by atoms with Gasteiger partial charge in [0.05, 0.1) is 18.6 Å². The first-order valence-electron chi connectivity index (χ1n) is 6.76. The van der Waals surface area contributed by atoms with E-state index in [2.05, 4.69) is 9.64 Å². The van der Waals surface area contributed by atoms with Crippen LogP contribution in [0.1, 0.15) is 5.56 Å². The van der Waals surface area contributed by atoms with Crippen molar-refractivity contribution >= 4 is 11.7 Å². The second-order valence-corrected chi connectivity index (χ2v) is 4.82. The molecule has 0 spiro atoms. The maximum atomic E-state index is 11.5. The topological polar surface area (TPSA) is 81.9 Å². The fourth-order valence-electron chi connectivity index (χ4n) is 2.36. The molecule has 0 N–H and O–H groups in total. The molecule has 0 bridgehead atoms. The van der Waals surface area contributed by atoms with Crippen molar-refractivity contribution in [2.75, 3.05) is 33.4 Å². The highest BCUT2D eigenvalue weighted by Gasteiger charge is 2.27. The third-order valence-corrected chi connectivity index (χ3v) is 3.50. The number of hydrogen-bond donors (Lipinski definition) is 0. The zero-order chi connectivity index (χ0) is 15.2. The second kappa shape index (κ2) is 7.14. The lowest BCUT2D eigenvalue weighted by Crippen LogP contribution is -2.47. The summed E-state index contributed by atoms with van der Waals surface area (Å²) in [6.07, 6.45) is -0.0140. The molecule has 0 aliphatic carbocycles. The Morgan fingerprint density at radius 1 is 1.52 bits per heavy atom. The van der Waals surface area contributed by atoms with Gasteiger partial charge in [0.15, 0.2) is 6.10 Å². The van der Waals surface area contributed by atoms with E-state index in [0.29, 0.717) is 38.2 Å². The quantitative estimate of drug-likeness (QED) is 0.458. The van der Waals surface area contributed by atoms with Gasteiger partial charge in [0, 0.05) is 31.3 Å². The van der Waals surface area contributed by atoms with Crippen LogP contribution in [0.15, 0.2) is 24.3 Å². The predicted octanol–water partition coefficient (Wildman–Crippen LogP) is 1.01. The second-order valence-electron chi connectivity index (χ2n) is 4.82. The van der Waals surface area contributed by atoms with Gasteiger partial charge in [-0.1, -0.05) is 18.2 Å². The van der Waals surface area contributed by atoms with Crippen LogP contribution in [0.3, 0.4) is 0 Å². The number of carbonyl (C=O) groups excluding carboxylic acids is 1. The third-order valence-electron chi connectivity index (χ3n) is 3.50. The van der Waals surface area contributed by atoms with Crippen molar-refractivity contribution in [3.05, 3.63) is 39.9 Å². The first-order chi connectivity index (χ1) is 10.1. The lowest BCUT2D eigenvalue weighted by Gasteiger charge is -2.31. The van der Waals surface area contributed by atoms with Gasteiger partial charge in [-0.3, -0.25) is 15.0 Å². The summed E-state index contributed by atoms with van der Waals surface area (Å²) in [5.41, 5.74) is 0.832. The molecule has 1 heterocycles. The van der Waals surface area contributed by atoms with Crippen LogP contribution in [0, 0.1) is 10.1 Å². The van der Waals surface area contributed by atoms with E-state index in [0.717, 1.165) is 0 Å². The summed E-state index contributed by atoms with van der Waals surface area (Å²) in [5, 5.41) is 11.0. The van der Waals surface area contributed by atoms with E-state index in [-0.39, 0.29) is 16.6 Å². The normalized spacial score (nSPS) is 19.2. The Hall–Kier alpha value is -1.99. The van der Waals surface area contributed by atoms with E-state index >= 15 is 0 Å². The molecule has 7 nitrogen and oxygen atoms in total. The molecule has 1 fully saturated rings. The molecule has 21 heavy (non-hydrogen) atoms. The molecule has 0 amide bonds. The van der Waals surface area contributed by atoms with Crippen molar-refractivity contribution in [1.29, 1.82) is 0 Å². The summed E-state index contributed by atoms with van der Waals surface area (Å²) in [4.78, 5) is 24.1. The number of benzene rings is 1. The molecule has 0 aromatic heterocycles. The van der Waals surface area contributed by atoms with E-state index in [1.54, 1.807) is 18.2 Å². The zero-order valence-electron chi connectivity index (χ0n) is 11.9. The molecule has 1 aliphatic heterocycles. The van der Waals surface area contributed by atoms with Crippen molar-refractivity contribution in [2.45, 2.75) is 12.5 Å². The van der Waals surface area contributed by atoms with Crippen LogP contribution in [0.5, 0.6) is 0 Å². The largest absolute Gasteiger partial charge is 0.467 e. The van der Waals surface area contributed by atoms with Gasteiger partial charge in [-0.15, -0.1) is 0 Å².